The highest BCUT2D eigenvalue weighted by atomic mass is 16.5. The zero-order chi connectivity index (χ0) is 18.3. The zero-order valence-electron chi connectivity index (χ0n) is 15.4. The summed E-state index contributed by atoms with van der Waals surface area (Å²) in [5, 5.41) is 0. The van der Waals surface area contributed by atoms with Crippen molar-refractivity contribution in [2.75, 3.05) is 6.61 Å². The minimum atomic E-state index is -0.561. The lowest BCUT2D eigenvalue weighted by molar-refractivity contribution is 0.0523. The first-order valence-corrected chi connectivity index (χ1v) is 8.74. The minimum absolute atomic E-state index is 0.0940. The molecule has 3 rings (SSSR count). The summed E-state index contributed by atoms with van der Waals surface area (Å²) in [6, 6.07) is 3.78. The van der Waals surface area contributed by atoms with Crippen LogP contribution in [0.15, 0.2) is 23.1 Å². The molecule has 1 atom stereocenters. The number of pyridine rings is 2. The lowest BCUT2D eigenvalue weighted by atomic mass is 9.89. The van der Waals surface area contributed by atoms with Crippen LogP contribution in [0.25, 0.3) is 11.3 Å². The Hall–Kier alpha value is -2.43. The summed E-state index contributed by atoms with van der Waals surface area (Å²) >= 11 is 0. The maximum absolute atomic E-state index is 12.5. The van der Waals surface area contributed by atoms with Crippen molar-refractivity contribution in [1.29, 1.82) is 0 Å². The molecule has 1 unspecified atom stereocenters. The third-order valence-corrected chi connectivity index (χ3v) is 4.93. The second-order valence-electron chi connectivity index (χ2n) is 6.96. The van der Waals surface area contributed by atoms with Crippen molar-refractivity contribution >= 4 is 5.97 Å². The number of esters is 1. The fourth-order valence-electron chi connectivity index (χ4n) is 3.39. The molecule has 2 aromatic heterocycles. The highest BCUT2D eigenvalue weighted by molar-refractivity contribution is 5.89. The molecule has 5 nitrogen and oxygen atoms in total. The molecule has 0 N–H and O–H groups in total. The van der Waals surface area contributed by atoms with E-state index in [0.717, 1.165) is 34.6 Å². The van der Waals surface area contributed by atoms with Crippen molar-refractivity contribution in [1.82, 2.24) is 9.55 Å². The predicted molar refractivity (Wildman–Crippen MR) is 96.9 cm³/mol. The fraction of sp³-hybridized carbons (Fsp3) is 0.450. The number of aromatic nitrogens is 2. The summed E-state index contributed by atoms with van der Waals surface area (Å²) in [7, 11) is 0. The van der Waals surface area contributed by atoms with Crippen molar-refractivity contribution in [3.05, 3.63) is 51.1 Å². The van der Waals surface area contributed by atoms with Crippen molar-refractivity contribution in [3.8, 4) is 11.3 Å². The van der Waals surface area contributed by atoms with E-state index in [2.05, 4.69) is 24.5 Å². The molecule has 0 saturated heterocycles. The third kappa shape index (κ3) is 2.99. The molecule has 0 amide bonds. The second-order valence-corrected chi connectivity index (χ2v) is 6.96. The maximum Gasteiger partial charge on any atom is 0.343 e. The SMILES string of the molecule is CCOC(=O)c1cn2c(cc1=O)-c1cc(C)c(C)nc1CC2C(C)C. The van der Waals surface area contributed by atoms with Gasteiger partial charge >= 0.3 is 5.97 Å². The van der Waals surface area contributed by atoms with Crippen molar-refractivity contribution in [2.45, 2.75) is 47.1 Å². The van der Waals surface area contributed by atoms with E-state index < -0.39 is 5.97 Å². The van der Waals surface area contributed by atoms with E-state index in [9.17, 15) is 9.59 Å². The average molecular weight is 340 g/mol. The van der Waals surface area contributed by atoms with E-state index in [4.69, 9.17) is 9.72 Å². The molecule has 0 aliphatic carbocycles. The molecule has 0 saturated carbocycles. The monoisotopic (exact) mass is 340 g/mol. The number of ether oxygens (including phenoxy) is 1. The van der Waals surface area contributed by atoms with E-state index in [0.29, 0.717) is 5.92 Å². The molecule has 0 spiro atoms. The van der Waals surface area contributed by atoms with Gasteiger partial charge in [-0.1, -0.05) is 13.8 Å². The third-order valence-electron chi connectivity index (χ3n) is 4.93. The molecule has 0 aromatic carbocycles. The van der Waals surface area contributed by atoms with Gasteiger partial charge < -0.3 is 9.30 Å². The van der Waals surface area contributed by atoms with Gasteiger partial charge in [0.1, 0.15) is 5.56 Å². The van der Waals surface area contributed by atoms with E-state index in [-0.39, 0.29) is 23.6 Å². The molecule has 5 heteroatoms. The smallest absolute Gasteiger partial charge is 0.343 e. The lowest BCUT2D eigenvalue weighted by Gasteiger charge is -2.33. The van der Waals surface area contributed by atoms with Gasteiger partial charge in [0.2, 0.25) is 0 Å². The Kier molecular flexibility index (Phi) is 4.50. The number of rotatable bonds is 3. The summed E-state index contributed by atoms with van der Waals surface area (Å²) in [4.78, 5) is 29.4. The molecule has 3 heterocycles. The summed E-state index contributed by atoms with van der Waals surface area (Å²) in [5.74, 6) is -0.220. The summed E-state index contributed by atoms with van der Waals surface area (Å²) in [6.45, 7) is 10.3. The van der Waals surface area contributed by atoms with Crippen LogP contribution in [0.3, 0.4) is 0 Å². The summed E-state index contributed by atoms with van der Waals surface area (Å²) in [6.07, 6.45) is 2.45. The first-order chi connectivity index (χ1) is 11.8. The van der Waals surface area contributed by atoms with Gasteiger partial charge in [-0.05, 0) is 38.3 Å². The quantitative estimate of drug-likeness (QED) is 0.803. The van der Waals surface area contributed by atoms with Gasteiger partial charge in [-0.15, -0.1) is 0 Å². The van der Waals surface area contributed by atoms with Gasteiger partial charge in [-0.3, -0.25) is 9.78 Å². The number of fused-ring (bicyclic) bond motifs is 3. The van der Waals surface area contributed by atoms with Crippen LogP contribution in [0.1, 0.15) is 54.1 Å². The Bertz CT molecular complexity index is 897. The van der Waals surface area contributed by atoms with Gasteiger partial charge in [0.05, 0.1) is 18.0 Å². The van der Waals surface area contributed by atoms with E-state index >= 15 is 0 Å². The van der Waals surface area contributed by atoms with E-state index in [1.807, 2.05) is 13.8 Å². The maximum atomic E-state index is 12.5. The highest BCUT2D eigenvalue weighted by Gasteiger charge is 2.29. The second kappa shape index (κ2) is 6.47. The summed E-state index contributed by atoms with van der Waals surface area (Å²) in [5.41, 5.74) is 4.72. The molecule has 1 aliphatic rings. The molecule has 132 valence electrons. The van der Waals surface area contributed by atoms with Gasteiger partial charge in [0, 0.05) is 36.0 Å². The van der Waals surface area contributed by atoms with Gasteiger partial charge in [-0.25, -0.2) is 4.79 Å². The number of carbonyl (C=O) groups excluding carboxylic acids is 1. The van der Waals surface area contributed by atoms with Crippen LogP contribution in [-0.2, 0) is 11.2 Å². The number of hydrogen-bond acceptors (Lipinski definition) is 4. The van der Waals surface area contributed by atoms with Gasteiger partial charge in [0.25, 0.3) is 0 Å². The standard InChI is InChI=1S/C20H24N2O3/c1-6-25-20(24)15-10-22-17(11(2)3)8-16-14(18(22)9-19(15)23)7-12(4)13(5)21-16/h7,9-11,17H,6,8H2,1-5H3. The minimum Gasteiger partial charge on any atom is -0.462 e. The fourth-order valence-corrected chi connectivity index (χ4v) is 3.39. The Balaban J connectivity index is 2.25. The van der Waals surface area contributed by atoms with Crippen molar-refractivity contribution in [2.24, 2.45) is 5.92 Å². The number of hydrogen-bond donors (Lipinski definition) is 0. The molecular formula is C20H24N2O3. The van der Waals surface area contributed by atoms with Crippen LogP contribution in [0.4, 0.5) is 0 Å². The van der Waals surface area contributed by atoms with Crippen LogP contribution >= 0.6 is 0 Å². The average Bonchev–Trinajstić information content (AvgIpc) is 2.55. The van der Waals surface area contributed by atoms with Crippen molar-refractivity contribution in [3.63, 3.8) is 0 Å². The van der Waals surface area contributed by atoms with Gasteiger partial charge in [0.15, 0.2) is 5.43 Å². The van der Waals surface area contributed by atoms with E-state index in [1.165, 1.54) is 0 Å². The number of aryl methyl sites for hydroxylation is 2. The van der Waals surface area contributed by atoms with Crippen LogP contribution in [0, 0.1) is 19.8 Å². The predicted octanol–water partition coefficient (Wildman–Crippen LogP) is 3.46. The normalized spacial score (nSPS) is 15.7. The summed E-state index contributed by atoms with van der Waals surface area (Å²) < 4.78 is 7.09. The number of carbonyl (C=O) groups is 1. The van der Waals surface area contributed by atoms with Gasteiger partial charge in [-0.2, -0.15) is 0 Å². The molecule has 0 bridgehead atoms. The molecule has 0 radical (unpaired) electrons. The van der Waals surface area contributed by atoms with Crippen molar-refractivity contribution < 1.29 is 9.53 Å². The number of nitrogens with zero attached hydrogens (tertiary/aromatic N) is 2. The first-order valence-electron chi connectivity index (χ1n) is 8.74. The van der Waals surface area contributed by atoms with Crippen LogP contribution < -0.4 is 5.43 Å². The largest absolute Gasteiger partial charge is 0.462 e. The Labute approximate surface area is 147 Å². The van der Waals surface area contributed by atoms with Crippen LogP contribution in [0.5, 0.6) is 0 Å². The molecular weight excluding hydrogens is 316 g/mol. The van der Waals surface area contributed by atoms with E-state index in [1.54, 1.807) is 19.2 Å². The molecule has 1 aliphatic heterocycles. The molecule has 25 heavy (non-hydrogen) atoms. The Morgan fingerprint density at radius 3 is 2.72 bits per heavy atom. The Morgan fingerprint density at radius 1 is 1.36 bits per heavy atom. The van der Waals surface area contributed by atoms with Crippen LogP contribution in [-0.4, -0.2) is 22.1 Å². The topological polar surface area (TPSA) is 61.2 Å². The highest BCUT2D eigenvalue weighted by Crippen LogP contribution is 2.37. The molecule has 0 fully saturated rings. The first kappa shape index (κ1) is 17.4. The zero-order valence-corrected chi connectivity index (χ0v) is 15.4. The van der Waals surface area contributed by atoms with Crippen LogP contribution in [0.2, 0.25) is 0 Å². The molecule has 2 aromatic rings. The lowest BCUT2D eigenvalue weighted by Crippen LogP contribution is -2.29. The Morgan fingerprint density at radius 2 is 2.08 bits per heavy atom.